The van der Waals surface area contributed by atoms with Gasteiger partial charge in [0, 0.05) is 25.6 Å². The Balaban J connectivity index is 3.55. The van der Waals surface area contributed by atoms with Crippen molar-refractivity contribution in [3.8, 4) is 0 Å². The summed E-state index contributed by atoms with van der Waals surface area (Å²) in [7, 11) is 1.21. The Labute approximate surface area is 93.6 Å². The van der Waals surface area contributed by atoms with Crippen LogP contribution in [0.25, 0.3) is 0 Å². The van der Waals surface area contributed by atoms with Crippen LogP contribution in [-0.4, -0.2) is 38.1 Å². The number of methoxy groups -OCH3 is 1. The van der Waals surface area contributed by atoms with Gasteiger partial charge < -0.3 is 14.8 Å². The Bertz CT molecular complexity index is 285. The van der Waals surface area contributed by atoms with Gasteiger partial charge in [-0.05, 0) is 6.42 Å². The number of carbonyl (C=O) groups is 3. The minimum Gasteiger partial charge on any atom is -0.466 e. The van der Waals surface area contributed by atoms with Crippen LogP contribution in [0.4, 0.5) is 0 Å². The smallest absolute Gasteiger partial charge is 0.331 e. The van der Waals surface area contributed by atoms with Crippen molar-refractivity contribution < 1.29 is 23.9 Å². The molecule has 0 heterocycles. The number of hydrogen-bond donors (Lipinski definition) is 1. The maximum Gasteiger partial charge on any atom is 0.331 e. The maximum atomic E-state index is 11.0. The van der Waals surface area contributed by atoms with Crippen molar-refractivity contribution in [2.45, 2.75) is 13.3 Å². The highest BCUT2D eigenvalue weighted by Crippen LogP contribution is 1.86. The molecule has 0 fully saturated rings. The van der Waals surface area contributed by atoms with Crippen molar-refractivity contribution >= 4 is 17.8 Å². The van der Waals surface area contributed by atoms with Crippen LogP contribution in [0.5, 0.6) is 0 Å². The van der Waals surface area contributed by atoms with Crippen molar-refractivity contribution in [2.75, 3.05) is 20.3 Å². The number of amides is 1. The minimum atomic E-state index is -0.617. The van der Waals surface area contributed by atoms with E-state index in [1.807, 2.05) is 0 Å². The summed E-state index contributed by atoms with van der Waals surface area (Å²) < 4.78 is 9.02. The van der Waals surface area contributed by atoms with E-state index in [4.69, 9.17) is 4.74 Å². The first-order valence-corrected chi connectivity index (χ1v) is 4.73. The molecule has 0 saturated heterocycles. The second-order valence-electron chi connectivity index (χ2n) is 2.86. The molecule has 6 heteroatoms. The van der Waals surface area contributed by atoms with Crippen LogP contribution in [0, 0.1) is 0 Å². The van der Waals surface area contributed by atoms with Crippen molar-refractivity contribution in [1.82, 2.24) is 5.32 Å². The van der Waals surface area contributed by atoms with E-state index in [1.54, 1.807) is 0 Å². The Hall–Kier alpha value is -1.85. The molecule has 0 bridgehead atoms. The van der Waals surface area contributed by atoms with Gasteiger partial charge in [0.05, 0.1) is 13.7 Å². The molecule has 16 heavy (non-hydrogen) atoms. The quantitative estimate of drug-likeness (QED) is 0.387. The van der Waals surface area contributed by atoms with Crippen LogP contribution in [0.1, 0.15) is 13.3 Å². The Kier molecular flexibility index (Phi) is 7.48. The van der Waals surface area contributed by atoms with Crippen LogP contribution in [-0.2, 0) is 23.9 Å². The van der Waals surface area contributed by atoms with E-state index in [-0.39, 0.29) is 12.5 Å². The van der Waals surface area contributed by atoms with Gasteiger partial charge in [0.1, 0.15) is 0 Å². The fourth-order valence-corrected chi connectivity index (χ4v) is 0.762. The van der Waals surface area contributed by atoms with Gasteiger partial charge in [0.15, 0.2) is 0 Å². The largest absolute Gasteiger partial charge is 0.466 e. The van der Waals surface area contributed by atoms with Crippen molar-refractivity contribution in [1.29, 1.82) is 0 Å². The van der Waals surface area contributed by atoms with E-state index in [9.17, 15) is 14.4 Å². The zero-order valence-electron chi connectivity index (χ0n) is 9.32. The summed E-state index contributed by atoms with van der Waals surface area (Å²) in [6, 6.07) is 0. The third-order valence-corrected chi connectivity index (χ3v) is 1.50. The Morgan fingerprint density at radius 2 is 1.81 bits per heavy atom. The predicted octanol–water partition coefficient (Wildman–Crippen LogP) is -0.215. The first kappa shape index (κ1) is 14.2. The van der Waals surface area contributed by atoms with Crippen molar-refractivity contribution in [2.24, 2.45) is 0 Å². The highest BCUT2D eigenvalue weighted by Gasteiger charge is 1.99. The lowest BCUT2D eigenvalue weighted by Crippen LogP contribution is -2.22. The fraction of sp³-hybridized carbons (Fsp3) is 0.500. The van der Waals surface area contributed by atoms with E-state index in [2.05, 4.69) is 10.1 Å². The second kappa shape index (κ2) is 8.46. The molecule has 0 aromatic heterocycles. The molecule has 0 aliphatic carbocycles. The van der Waals surface area contributed by atoms with Gasteiger partial charge in [-0.25, -0.2) is 9.59 Å². The monoisotopic (exact) mass is 229 g/mol. The molecule has 0 atom stereocenters. The molecule has 1 N–H and O–H groups in total. The third-order valence-electron chi connectivity index (χ3n) is 1.50. The van der Waals surface area contributed by atoms with Crippen LogP contribution in [0.2, 0.25) is 0 Å². The van der Waals surface area contributed by atoms with E-state index < -0.39 is 11.9 Å². The summed E-state index contributed by atoms with van der Waals surface area (Å²) in [5.41, 5.74) is 0. The molecular formula is C10H15NO5. The van der Waals surface area contributed by atoms with Crippen molar-refractivity contribution in [3.63, 3.8) is 0 Å². The highest BCUT2D eigenvalue weighted by molar-refractivity contribution is 5.91. The van der Waals surface area contributed by atoms with Crippen LogP contribution in [0.3, 0.4) is 0 Å². The fourth-order valence-electron chi connectivity index (χ4n) is 0.762. The molecule has 0 aromatic carbocycles. The molecule has 6 nitrogen and oxygen atoms in total. The Morgan fingerprint density at radius 3 is 2.38 bits per heavy atom. The topological polar surface area (TPSA) is 81.7 Å². The number of nitrogens with one attached hydrogen (secondary N) is 1. The van der Waals surface area contributed by atoms with E-state index >= 15 is 0 Å². The summed E-state index contributed by atoms with van der Waals surface area (Å²) in [6.45, 7) is 2.04. The van der Waals surface area contributed by atoms with Gasteiger partial charge in [0.25, 0.3) is 0 Å². The third kappa shape index (κ3) is 8.74. The van der Waals surface area contributed by atoms with Gasteiger partial charge in [-0.1, -0.05) is 0 Å². The van der Waals surface area contributed by atoms with E-state index in [0.29, 0.717) is 13.0 Å². The minimum absolute atomic E-state index is 0.128. The summed E-state index contributed by atoms with van der Waals surface area (Å²) >= 11 is 0. The highest BCUT2D eigenvalue weighted by atomic mass is 16.5. The van der Waals surface area contributed by atoms with Gasteiger partial charge in [-0.2, -0.15) is 0 Å². The number of esters is 2. The molecule has 90 valence electrons. The lowest BCUT2D eigenvalue weighted by atomic mass is 10.4. The zero-order valence-corrected chi connectivity index (χ0v) is 9.32. The lowest BCUT2D eigenvalue weighted by Gasteiger charge is -2.02. The summed E-state index contributed by atoms with van der Waals surface area (Å²) in [6.07, 6.45) is 2.50. The molecule has 0 aliphatic rings. The first-order valence-electron chi connectivity index (χ1n) is 4.73. The molecule has 0 unspecified atom stereocenters. The first-order chi connectivity index (χ1) is 7.56. The average molecular weight is 229 g/mol. The van der Waals surface area contributed by atoms with Crippen molar-refractivity contribution in [3.05, 3.63) is 12.2 Å². The van der Waals surface area contributed by atoms with Crippen LogP contribution < -0.4 is 5.32 Å². The molecule has 0 saturated carbocycles. The molecule has 0 aliphatic heterocycles. The molecule has 0 spiro atoms. The number of carbonyl (C=O) groups excluding carboxylic acids is 3. The van der Waals surface area contributed by atoms with Crippen LogP contribution >= 0.6 is 0 Å². The average Bonchev–Trinajstić information content (AvgIpc) is 2.24. The predicted molar refractivity (Wildman–Crippen MR) is 55.4 cm³/mol. The summed E-state index contributed by atoms with van der Waals surface area (Å²) in [5, 5.41) is 2.56. The zero-order chi connectivity index (χ0) is 12.4. The second-order valence-corrected chi connectivity index (χ2v) is 2.86. The van der Waals surface area contributed by atoms with Gasteiger partial charge >= 0.3 is 11.9 Å². The SMILES string of the molecule is COC(=O)/C=C/C(=O)OCCCNC(C)=O. The lowest BCUT2D eigenvalue weighted by molar-refractivity contribution is -0.139. The molecular weight excluding hydrogens is 214 g/mol. The van der Waals surface area contributed by atoms with Crippen LogP contribution in [0.15, 0.2) is 12.2 Å². The summed E-state index contributed by atoms with van der Waals surface area (Å²) in [4.78, 5) is 32.0. The Morgan fingerprint density at radius 1 is 1.19 bits per heavy atom. The number of ether oxygens (including phenoxy) is 2. The molecule has 0 rings (SSSR count). The van der Waals surface area contributed by atoms with E-state index in [0.717, 1.165) is 12.2 Å². The standard InChI is InChI=1S/C10H15NO5/c1-8(12)11-6-3-7-16-10(14)5-4-9(13)15-2/h4-5H,3,6-7H2,1-2H3,(H,11,12)/b5-4+. The van der Waals surface area contributed by atoms with Gasteiger partial charge in [-0.15, -0.1) is 0 Å². The molecule has 1 amide bonds. The van der Waals surface area contributed by atoms with Gasteiger partial charge in [-0.3, -0.25) is 4.79 Å². The number of hydrogen-bond acceptors (Lipinski definition) is 5. The van der Waals surface area contributed by atoms with E-state index in [1.165, 1.54) is 14.0 Å². The van der Waals surface area contributed by atoms with Gasteiger partial charge in [0.2, 0.25) is 5.91 Å². The maximum absolute atomic E-state index is 11.0. The molecule has 0 aromatic rings. The summed E-state index contributed by atoms with van der Waals surface area (Å²) in [5.74, 6) is -1.36. The normalized spacial score (nSPS) is 9.88. The number of rotatable bonds is 6. The molecule has 0 radical (unpaired) electrons.